The number of esters is 1. The van der Waals surface area contributed by atoms with Crippen molar-refractivity contribution in [2.45, 2.75) is 20.8 Å². The Bertz CT molecular complexity index is 777. The number of benzene rings is 1. The molecule has 1 heterocycles. The number of amides is 1. The van der Waals surface area contributed by atoms with Crippen LogP contribution in [0.5, 0.6) is 0 Å². The summed E-state index contributed by atoms with van der Waals surface area (Å²) >= 11 is 0. The molecule has 0 saturated heterocycles. The fourth-order valence-electron chi connectivity index (χ4n) is 2.13. The fourth-order valence-corrected chi connectivity index (χ4v) is 2.13. The smallest absolute Gasteiger partial charge is 0.343 e. The number of carbonyl (C=O) groups excluding carboxylic acids is 2. The zero-order valence-electron chi connectivity index (χ0n) is 12.1. The summed E-state index contributed by atoms with van der Waals surface area (Å²) in [5, 5.41) is 2.88. The van der Waals surface area contributed by atoms with Crippen molar-refractivity contribution in [1.29, 1.82) is 0 Å². The van der Waals surface area contributed by atoms with Gasteiger partial charge in [0.2, 0.25) is 11.3 Å². The first-order valence-electron chi connectivity index (χ1n) is 6.55. The Balaban J connectivity index is 2.74. The molecular formula is C15H16N2O4. The number of fused-ring (bicyclic) bond motifs is 1. The Morgan fingerprint density at radius 1 is 1.33 bits per heavy atom. The van der Waals surface area contributed by atoms with Gasteiger partial charge in [-0.25, -0.2) is 4.79 Å². The Kier molecular flexibility index (Phi) is 4.07. The van der Waals surface area contributed by atoms with Gasteiger partial charge in [-0.05, 0) is 25.5 Å². The van der Waals surface area contributed by atoms with Gasteiger partial charge < -0.3 is 15.0 Å². The van der Waals surface area contributed by atoms with Crippen LogP contribution < -0.4 is 10.7 Å². The number of ether oxygens (including phenoxy) is 1. The van der Waals surface area contributed by atoms with Crippen LogP contribution in [0, 0.1) is 6.92 Å². The van der Waals surface area contributed by atoms with Crippen LogP contribution in [0.4, 0.5) is 5.69 Å². The molecule has 0 spiro atoms. The third kappa shape index (κ3) is 2.79. The van der Waals surface area contributed by atoms with Gasteiger partial charge in [0.25, 0.3) is 0 Å². The minimum atomic E-state index is -0.684. The summed E-state index contributed by atoms with van der Waals surface area (Å²) in [7, 11) is 0. The number of pyridine rings is 1. The lowest BCUT2D eigenvalue weighted by Gasteiger charge is -2.10. The Hall–Kier alpha value is -2.63. The molecule has 0 atom stereocenters. The van der Waals surface area contributed by atoms with E-state index >= 15 is 0 Å². The van der Waals surface area contributed by atoms with Gasteiger partial charge in [-0.3, -0.25) is 9.59 Å². The van der Waals surface area contributed by atoms with Crippen molar-refractivity contribution in [1.82, 2.24) is 4.98 Å². The van der Waals surface area contributed by atoms with E-state index < -0.39 is 11.4 Å². The van der Waals surface area contributed by atoms with Gasteiger partial charge in [0, 0.05) is 13.1 Å². The van der Waals surface area contributed by atoms with Crippen molar-refractivity contribution in [3.05, 3.63) is 39.7 Å². The van der Waals surface area contributed by atoms with Gasteiger partial charge in [-0.15, -0.1) is 0 Å². The summed E-state index contributed by atoms with van der Waals surface area (Å²) in [5.74, 6) is -0.975. The van der Waals surface area contributed by atoms with E-state index in [4.69, 9.17) is 4.74 Å². The topological polar surface area (TPSA) is 88.3 Å². The van der Waals surface area contributed by atoms with Crippen LogP contribution in [0.1, 0.15) is 29.8 Å². The highest BCUT2D eigenvalue weighted by atomic mass is 16.5. The maximum Gasteiger partial charge on any atom is 0.343 e. The number of rotatable bonds is 3. The number of aromatic nitrogens is 1. The van der Waals surface area contributed by atoms with Crippen molar-refractivity contribution >= 4 is 28.5 Å². The molecule has 0 aliphatic rings. The average Bonchev–Trinajstić information content (AvgIpc) is 2.42. The van der Waals surface area contributed by atoms with E-state index in [9.17, 15) is 14.4 Å². The molecule has 0 fully saturated rings. The molecule has 2 N–H and O–H groups in total. The van der Waals surface area contributed by atoms with Crippen LogP contribution >= 0.6 is 0 Å². The average molecular weight is 288 g/mol. The monoisotopic (exact) mass is 288 g/mol. The number of hydrogen-bond acceptors (Lipinski definition) is 4. The normalized spacial score (nSPS) is 10.4. The van der Waals surface area contributed by atoms with Gasteiger partial charge in [-0.1, -0.05) is 6.07 Å². The van der Waals surface area contributed by atoms with Gasteiger partial charge in [0.1, 0.15) is 5.56 Å². The van der Waals surface area contributed by atoms with E-state index in [1.807, 2.05) is 6.92 Å². The third-order valence-corrected chi connectivity index (χ3v) is 3.05. The highest BCUT2D eigenvalue weighted by Gasteiger charge is 2.17. The SMILES string of the molecule is CCOC(=O)c1c[nH]c2c(C)ccc(NC(C)=O)c2c1=O. The molecule has 0 bridgehead atoms. The van der Waals surface area contributed by atoms with E-state index in [1.54, 1.807) is 19.1 Å². The van der Waals surface area contributed by atoms with E-state index in [0.717, 1.165) is 5.56 Å². The van der Waals surface area contributed by atoms with Crippen molar-refractivity contribution in [2.24, 2.45) is 0 Å². The van der Waals surface area contributed by atoms with Crippen molar-refractivity contribution in [3.63, 3.8) is 0 Å². The molecular weight excluding hydrogens is 272 g/mol. The molecule has 0 radical (unpaired) electrons. The van der Waals surface area contributed by atoms with E-state index in [0.29, 0.717) is 11.2 Å². The predicted molar refractivity (Wildman–Crippen MR) is 79.6 cm³/mol. The van der Waals surface area contributed by atoms with Crippen molar-refractivity contribution < 1.29 is 14.3 Å². The van der Waals surface area contributed by atoms with E-state index in [2.05, 4.69) is 10.3 Å². The summed E-state index contributed by atoms with van der Waals surface area (Å²) in [4.78, 5) is 38.5. The minimum Gasteiger partial charge on any atom is -0.462 e. The highest BCUT2D eigenvalue weighted by Crippen LogP contribution is 2.22. The fraction of sp³-hybridized carbons (Fsp3) is 0.267. The molecule has 0 aliphatic carbocycles. The van der Waals surface area contributed by atoms with Crippen LogP contribution in [0.25, 0.3) is 10.9 Å². The molecule has 2 rings (SSSR count). The molecule has 0 saturated carbocycles. The summed E-state index contributed by atoms with van der Waals surface area (Å²) in [6.45, 7) is 5.04. The Morgan fingerprint density at radius 3 is 2.67 bits per heavy atom. The minimum absolute atomic E-state index is 0.0819. The predicted octanol–water partition coefficient (Wildman–Crippen LogP) is 1.97. The van der Waals surface area contributed by atoms with E-state index in [-0.39, 0.29) is 23.5 Å². The second kappa shape index (κ2) is 5.78. The lowest BCUT2D eigenvalue weighted by atomic mass is 10.1. The highest BCUT2D eigenvalue weighted by molar-refractivity contribution is 6.03. The first-order valence-corrected chi connectivity index (χ1v) is 6.55. The van der Waals surface area contributed by atoms with Crippen LogP contribution in [0.2, 0.25) is 0 Å². The number of aromatic amines is 1. The van der Waals surface area contributed by atoms with Crippen LogP contribution in [-0.2, 0) is 9.53 Å². The molecule has 1 amide bonds. The number of carbonyl (C=O) groups is 2. The summed E-state index contributed by atoms with van der Waals surface area (Å²) in [5.41, 5.74) is 1.25. The van der Waals surface area contributed by atoms with Gasteiger partial charge in [-0.2, -0.15) is 0 Å². The summed E-state index contributed by atoms with van der Waals surface area (Å²) < 4.78 is 4.86. The second-order valence-electron chi connectivity index (χ2n) is 4.61. The molecule has 6 heteroatoms. The lowest BCUT2D eigenvalue weighted by molar-refractivity contribution is -0.114. The van der Waals surface area contributed by atoms with Crippen LogP contribution in [-0.4, -0.2) is 23.5 Å². The number of H-pyrrole nitrogens is 1. The Labute approximate surface area is 121 Å². The standard InChI is InChI=1S/C15H16N2O4/c1-4-21-15(20)10-7-16-13-8(2)5-6-11(17-9(3)18)12(13)14(10)19/h5-7H,4H2,1-3H3,(H,16,19)(H,17,18). The maximum absolute atomic E-state index is 12.5. The first-order chi connectivity index (χ1) is 9.95. The van der Waals surface area contributed by atoms with Gasteiger partial charge in [0.15, 0.2) is 0 Å². The van der Waals surface area contributed by atoms with Gasteiger partial charge >= 0.3 is 5.97 Å². The molecule has 110 valence electrons. The molecule has 1 aromatic heterocycles. The Morgan fingerprint density at radius 2 is 2.05 bits per heavy atom. The quantitative estimate of drug-likeness (QED) is 0.845. The van der Waals surface area contributed by atoms with Crippen molar-refractivity contribution in [2.75, 3.05) is 11.9 Å². The zero-order chi connectivity index (χ0) is 15.6. The number of nitrogens with one attached hydrogen (secondary N) is 2. The summed E-state index contributed by atoms with van der Waals surface area (Å²) in [6, 6.07) is 3.43. The first kappa shape index (κ1) is 14.8. The molecule has 6 nitrogen and oxygen atoms in total. The molecule has 1 aromatic carbocycles. The van der Waals surface area contributed by atoms with Crippen LogP contribution in [0.15, 0.2) is 23.1 Å². The molecule has 0 unspecified atom stereocenters. The molecule has 0 aliphatic heterocycles. The van der Waals surface area contributed by atoms with E-state index in [1.165, 1.54) is 13.1 Å². The largest absolute Gasteiger partial charge is 0.462 e. The molecule has 21 heavy (non-hydrogen) atoms. The molecule has 2 aromatic rings. The van der Waals surface area contributed by atoms with Crippen molar-refractivity contribution in [3.8, 4) is 0 Å². The number of hydrogen-bond donors (Lipinski definition) is 2. The second-order valence-corrected chi connectivity index (χ2v) is 4.61. The maximum atomic E-state index is 12.5. The van der Waals surface area contributed by atoms with Gasteiger partial charge in [0.05, 0.1) is 23.2 Å². The zero-order valence-corrected chi connectivity index (χ0v) is 12.1. The third-order valence-electron chi connectivity index (χ3n) is 3.05. The number of anilines is 1. The summed E-state index contributed by atoms with van der Waals surface area (Å²) in [6.07, 6.45) is 1.34. The lowest BCUT2D eigenvalue weighted by Crippen LogP contribution is -2.20. The number of aryl methyl sites for hydroxylation is 1. The van der Waals surface area contributed by atoms with Crippen LogP contribution in [0.3, 0.4) is 0 Å².